The van der Waals surface area contributed by atoms with Crippen molar-refractivity contribution in [1.82, 2.24) is 5.32 Å². The summed E-state index contributed by atoms with van der Waals surface area (Å²) in [6, 6.07) is 0. The third-order valence-corrected chi connectivity index (χ3v) is 2.53. The average Bonchev–Trinajstić information content (AvgIpc) is 2.45. The van der Waals surface area contributed by atoms with Crippen LogP contribution in [0.1, 0.15) is 6.92 Å². The van der Waals surface area contributed by atoms with Gasteiger partial charge in [-0.3, -0.25) is 9.59 Å². The quantitative estimate of drug-likeness (QED) is 0.511. The summed E-state index contributed by atoms with van der Waals surface area (Å²) < 4.78 is 4.43. The Labute approximate surface area is 84.9 Å². The molecule has 0 saturated carbocycles. The fourth-order valence-corrected chi connectivity index (χ4v) is 1.95. The van der Waals surface area contributed by atoms with Crippen molar-refractivity contribution in [3.05, 3.63) is 10.6 Å². The second-order valence-electron chi connectivity index (χ2n) is 2.59. The molecule has 0 aliphatic carbocycles. The normalized spacial score (nSPS) is 15.7. The van der Waals surface area contributed by atoms with Crippen LogP contribution in [0.15, 0.2) is 10.6 Å². The SMILES string of the molecule is COC(=O)C1=C(NC(C)=O)SCC1=O. The third kappa shape index (κ3) is 2.14. The van der Waals surface area contributed by atoms with Crippen molar-refractivity contribution < 1.29 is 19.1 Å². The Kier molecular flexibility index (Phi) is 3.29. The van der Waals surface area contributed by atoms with Crippen LogP contribution in [0.5, 0.6) is 0 Å². The Bertz CT molecular complexity index is 334. The second-order valence-corrected chi connectivity index (χ2v) is 3.57. The fraction of sp³-hybridized carbons (Fsp3) is 0.375. The molecule has 1 heterocycles. The number of carbonyl (C=O) groups is 3. The van der Waals surface area contributed by atoms with Gasteiger partial charge in [-0.2, -0.15) is 0 Å². The lowest BCUT2D eigenvalue weighted by molar-refractivity contribution is -0.137. The van der Waals surface area contributed by atoms with Crippen molar-refractivity contribution in [3.63, 3.8) is 0 Å². The highest BCUT2D eigenvalue weighted by atomic mass is 32.2. The van der Waals surface area contributed by atoms with Crippen molar-refractivity contribution in [2.45, 2.75) is 6.92 Å². The van der Waals surface area contributed by atoms with Gasteiger partial charge in [0, 0.05) is 6.92 Å². The zero-order valence-electron chi connectivity index (χ0n) is 7.75. The highest BCUT2D eigenvalue weighted by molar-refractivity contribution is 8.04. The predicted molar refractivity (Wildman–Crippen MR) is 50.3 cm³/mol. The maximum absolute atomic E-state index is 11.2. The highest BCUT2D eigenvalue weighted by Crippen LogP contribution is 2.27. The molecular formula is C8H9NO4S. The van der Waals surface area contributed by atoms with Gasteiger partial charge < -0.3 is 10.1 Å². The minimum absolute atomic E-state index is 0.0623. The summed E-state index contributed by atoms with van der Waals surface area (Å²) in [6.45, 7) is 1.31. The summed E-state index contributed by atoms with van der Waals surface area (Å²) in [5, 5.41) is 2.71. The summed E-state index contributed by atoms with van der Waals surface area (Å²) in [4.78, 5) is 33.1. The molecule has 0 fully saturated rings. The van der Waals surface area contributed by atoms with Crippen LogP contribution in [0.4, 0.5) is 0 Å². The Morgan fingerprint density at radius 3 is 2.64 bits per heavy atom. The molecule has 0 aromatic heterocycles. The first-order chi connectivity index (χ1) is 6.56. The molecular weight excluding hydrogens is 206 g/mol. The molecule has 0 bridgehead atoms. The molecule has 76 valence electrons. The van der Waals surface area contributed by atoms with Crippen LogP contribution in [-0.4, -0.2) is 30.5 Å². The number of carbonyl (C=O) groups excluding carboxylic acids is 3. The van der Waals surface area contributed by atoms with Gasteiger partial charge in [0.05, 0.1) is 17.9 Å². The molecule has 0 saturated heterocycles. The molecule has 1 aliphatic heterocycles. The molecule has 0 spiro atoms. The Balaban J connectivity index is 2.96. The van der Waals surface area contributed by atoms with Gasteiger partial charge in [-0.15, -0.1) is 0 Å². The Morgan fingerprint density at radius 1 is 1.50 bits per heavy atom. The van der Waals surface area contributed by atoms with Crippen molar-refractivity contribution in [1.29, 1.82) is 0 Å². The number of esters is 1. The highest BCUT2D eigenvalue weighted by Gasteiger charge is 2.30. The number of nitrogens with one attached hydrogen (secondary N) is 1. The number of amides is 1. The minimum atomic E-state index is -0.705. The van der Waals surface area contributed by atoms with Crippen LogP contribution in [0.3, 0.4) is 0 Å². The van der Waals surface area contributed by atoms with Crippen molar-refractivity contribution in [2.24, 2.45) is 0 Å². The second kappa shape index (κ2) is 4.28. The smallest absolute Gasteiger partial charge is 0.344 e. The molecule has 6 heteroatoms. The van der Waals surface area contributed by atoms with Gasteiger partial charge in [-0.25, -0.2) is 4.79 Å². The monoisotopic (exact) mass is 215 g/mol. The van der Waals surface area contributed by atoms with Gasteiger partial charge >= 0.3 is 5.97 Å². The van der Waals surface area contributed by atoms with E-state index < -0.39 is 5.97 Å². The van der Waals surface area contributed by atoms with Gasteiger partial charge in [0.1, 0.15) is 5.57 Å². The van der Waals surface area contributed by atoms with E-state index in [9.17, 15) is 14.4 Å². The van der Waals surface area contributed by atoms with E-state index in [0.717, 1.165) is 11.8 Å². The van der Waals surface area contributed by atoms with E-state index in [2.05, 4.69) is 10.1 Å². The van der Waals surface area contributed by atoms with E-state index in [1.165, 1.54) is 14.0 Å². The third-order valence-electron chi connectivity index (χ3n) is 1.53. The summed E-state index contributed by atoms with van der Waals surface area (Å²) >= 11 is 1.13. The van der Waals surface area contributed by atoms with Gasteiger partial charge in [-0.1, -0.05) is 11.8 Å². The first-order valence-electron chi connectivity index (χ1n) is 3.82. The summed E-state index contributed by atoms with van der Waals surface area (Å²) in [5.41, 5.74) is -0.0623. The molecule has 0 aromatic rings. The lowest BCUT2D eigenvalue weighted by Gasteiger charge is -2.03. The fourth-order valence-electron chi connectivity index (χ4n) is 0.976. The molecule has 0 aromatic carbocycles. The maximum atomic E-state index is 11.2. The Hall–Kier alpha value is -1.30. The topological polar surface area (TPSA) is 72.5 Å². The molecule has 5 nitrogen and oxygen atoms in total. The molecule has 1 N–H and O–H groups in total. The first-order valence-corrected chi connectivity index (χ1v) is 4.81. The minimum Gasteiger partial charge on any atom is -0.465 e. The zero-order valence-corrected chi connectivity index (χ0v) is 8.56. The number of thioether (sulfide) groups is 1. The molecule has 0 unspecified atom stereocenters. The van der Waals surface area contributed by atoms with E-state index in [1.54, 1.807) is 0 Å². The van der Waals surface area contributed by atoms with Crippen molar-refractivity contribution >= 4 is 29.4 Å². The largest absolute Gasteiger partial charge is 0.465 e. The van der Waals surface area contributed by atoms with Crippen molar-refractivity contribution in [3.8, 4) is 0 Å². The number of ketones is 1. The van der Waals surface area contributed by atoms with Crippen molar-refractivity contribution in [2.75, 3.05) is 12.9 Å². The zero-order chi connectivity index (χ0) is 10.7. The van der Waals surface area contributed by atoms with Gasteiger partial charge in [-0.05, 0) is 0 Å². The summed E-state index contributed by atoms with van der Waals surface area (Å²) in [7, 11) is 1.19. The van der Waals surface area contributed by atoms with Crippen LogP contribution in [0.2, 0.25) is 0 Å². The van der Waals surface area contributed by atoms with E-state index in [4.69, 9.17) is 0 Å². The van der Waals surface area contributed by atoms with Crippen LogP contribution in [0, 0.1) is 0 Å². The van der Waals surface area contributed by atoms with Gasteiger partial charge in [0.25, 0.3) is 0 Å². The van der Waals surface area contributed by atoms with E-state index in [0.29, 0.717) is 0 Å². The predicted octanol–water partition coefficient (Wildman–Crippen LogP) is -0.177. The molecule has 0 atom stereocenters. The lowest BCUT2D eigenvalue weighted by atomic mass is 10.2. The standard InChI is InChI=1S/C8H9NO4S/c1-4(10)9-7-6(8(12)13-2)5(11)3-14-7/h3H2,1-2H3,(H,9,10). The van der Waals surface area contributed by atoms with Crippen LogP contribution < -0.4 is 5.32 Å². The molecule has 1 amide bonds. The Morgan fingerprint density at radius 2 is 2.14 bits per heavy atom. The maximum Gasteiger partial charge on any atom is 0.344 e. The average molecular weight is 215 g/mol. The number of Topliss-reactive ketones (excluding diaryl/α,β-unsaturated/α-hetero) is 1. The molecule has 1 rings (SSSR count). The number of ether oxygens (including phenoxy) is 1. The van der Waals surface area contributed by atoms with Gasteiger partial charge in [0.2, 0.25) is 5.91 Å². The van der Waals surface area contributed by atoms with Crippen LogP contribution in [-0.2, 0) is 19.1 Å². The summed E-state index contributed by atoms with van der Waals surface area (Å²) in [6.07, 6.45) is 0. The van der Waals surface area contributed by atoms with E-state index in [1.807, 2.05) is 0 Å². The van der Waals surface area contributed by atoms with E-state index >= 15 is 0 Å². The van der Waals surface area contributed by atoms with Crippen LogP contribution in [0.25, 0.3) is 0 Å². The first kappa shape index (κ1) is 10.8. The van der Waals surface area contributed by atoms with E-state index in [-0.39, 0.29) is 28.0 Å². The lowest BCUT2D eigenvalue weighted by Crippen LogP contribution is -2.21. The molecule has 1 aliphatic rings. The van der Waals surface area contributed by atoms with Crippen LogP contribution >= 0.6 is 11.8 Å². The number of hydrogen-bond acceptors (Lipinski definition) is 5. The number of methoxy groups -OCH3 is 1. The number of rotatable bonds is 2. The number of hydrogen-bond donors (Lipinski definition) is 1. The molecule has 0 radical (unpaired) electrons. The summed E-state index contributed by atoms with van der Waals surface area (Å²) in [5.74, 6) is -1.17. The van der Waals surface area contributed by atoms with Gasteiger partial charge in [0.15, 0.2) is 5.78 Å². The molecule has 14 heavy (non-hydrogen) atoms.